The van der Waals surface area contributed by atoms with Crippen molar-refractivity contribution in [3.63, 3.8) is 0 Å². The molecule has 0 saturated carbocycles. The lowest BCUT2D eigenvalue weighted by Crippen LogP contribution is -2.28. The molecule has 0 atom stereocenters. The van der Waals surface area contributed by atoms with Gasteiger partial charge in [-0.05, 0) is 44.9 Å². The Balaban J connectivity index is 2.19. The number of benzene rings is 1. The van der Waals surface area contributed by atoms with E-state index < -0.39 is 0 Å². The van der Waals surface area contributed by atoms with E-state index >= 15 is 0 Å². The minimum atomic E-state index is -0.276. The van der Waals surface area contributed by atoms with Gasteiger partial charge in [0, 0.05) is 19.3 Å². The predicted molar refractivity (Wildman–Crippen MR) is 105 cm³/mol. The summed E-state index contributed by atoms with van der Waals surface area (Å²) < 4.78 is 5.75. The monoisotopic (exact) mass is 356 g/mol. The summed E-state index contributed by atoms with van der Waals surface area (Å²) in [5.41, 5.74) is 0.969. The van der Waals surface area contributed by atoms with Crippen LogP contribution in [-0.2, 0) is 0 Å². The van der Waals surface area contributed by atoms with Gasteiger partial charge in [0.05, 0.1) is 11.8 Å². The SMILES string of the molecule is CCCN(CCC)c1nccc(C(=O)Nc2ccccc2OC(C)C)n1. The van der Waals surface area contributed by atoms with Crippen molar-refractivity contribution in [3.8, 4) is 5.75 Å². The van der Waals surface area contributed by atoms with Crippen LogP contribution in [-0.4, -0.2) is 35.1 Å². The minimum Gasteiger partial charge on any atom is -0.489 e. The Morgan fingerprint density at radius 2 is 1.85 bits per heavy atom. The Bertz CT molecular complexity index is 712. The molecule has 140 valence electrons. The summed E-state index contributed by atoms with van der Waals surface area (Å²) in [6.07, 6.45) is 3.65. The standard InChI is InChI=1S/C20H28N4O2/c1-5-13-24(14-6-2)20-21-12-11-17(23-20)19(25)22-16-9-7-8-10-18(16)26-15(3)4/h7-12,15H,5-6,13-14H2,1-4H3,(H,22,25). The van der Waals surface area contributed by atoms with Gasteiger partial charge in [-0.2, -0.15) is 0 Å². The molecule has 1 heterocycles. The van der Waals surface area contributed by atoms with E-state index in [1.54, 1.807) is 12.3 Å². The largest absolute Gasteiger partial charge is 0.489 e. The van der Waals surface area contributed by atoms with Gasteiger partial charge in [0.25, 0.3) is 5.91 Å². The predicted octanol–water partition coefficient (Wildman–Crippen LogP) is 4.14. The molecule has 0 fully saturated rings. The first-order valence-electron chi connectivity index (χ1n) is 9.20. The molecule has 26 heavy (non-hydrogen) atoms. The Kier molecular flexibility index (Phi) is 7.38. The van der Waals surface area contributed by atoms with Crippen molar-refractivity contribution in [2.24, 2.45) is 0 Å². The Morgan fingerprint density at radius 1 is 1.15 bits per heavy atom. The molecule has 2 rings (SSSR count). The first-order chi connectivity index (χ1) is 12.5. The average Bonchev–Trinajstić information content (AvgIpc) is 2.63. The number of nitrogens with one attached hydrogen (secondary N) is 1. The van der Waals surface area contributed by atoms with Gasteiger partial charge in [0.15, 0.2) is 0 Å². The molecule has 1 amide bonds. The maximum absolute atomic E-state index is 12.7. The second kappa shape index (κ2) is 9.75. The molecule has 0 radical (unpaired) electrons. The van der Waals surface area contributed by atoms with E-state index in [4.69, 9.17) is 4.74 Å². The molecular formula is C20H28N4O2. The van der Waals surface area contributed by atoms with Crippen LogP contribution in [0, 0.1) is 0 Å². The highest BCUT2D eigenvalue weighted by Crippen LogP contribution is 2.25. The molecule has 6 nitrogen and oxygen atoms in total. The van der Waals surface area contributed by atoms with Gasteiger partial charge in [0.2, 0.25) is 5.95 Å². The number of hydrogen-bond acceptors (Lipinski definition) is 5. The summed E-state index contributed by atoms with van der Waals surface area (Å²) >= 11 is 0. The van der Waals surface area contributed by atoms with Crippen molar-refractivity contribution in [1.29, 1.82) is 0 Å². The smallest absolute Gasteiger partial charge is 0.274 e. The van der Waals surface area contributed by atoms with Crippen LogP contribution in [0.2, 0.25) is 0 Å². The number of carbonyl (C=O) groups excluding carboxylic acids is 1. The molecule has 0 saturated heterocycles. The van der Waals surface area contributed by atoms with Gasteiger partial charge in [0.1, 0.15) is 11.4 Å². The van der Waals surface area contributed by atoms with E-state index in [2.05, 4.69) is 34.0 Å². The number of anilines is 2. The highest BCUT2D eigenvalue weighted by Gasteiger charge is 2.15. The van der Waals surface area contributed by atoms with Crippen molar-refractivity contribution in [2.75, 3.05) is 23.3 Å². The fourth-order valence-corrected chi connectivity index (χ4v) is 2.59. The zero-order valence-electron chi connectivity index (χ0n) is 16.0. The highest BCUT2D eigenvalue weighted by atomic mass is 16.5. The molecule has 0 spiro atoms. The number of hydrogen-bond donors (Lipinski definition) is 1. The van der Waals surface area contributed by atoms with Gasteiger partial charge in [-0.1, -0.05) is 26.0 Å². The fraction of sp³-hybridized carbons (Fsp3) is 0.450. The van der Waals surface area contributed by atoms with E-state index in [1.807, 2.05) is 38.1 Å². The quantitative estimate of drug-likeness (QED) is 0.731. The average molecular weight is 356 g/mol. The molecule has 0 aliphatic heterocycles. The van der Waals surface area contributed by atoms with Crippen LogP contribution in [0.25, 0.3) is 0 Å². The van der Waals surface area contributed by atoms with Gasteiger partial charge in [-0.25, -0.2) is 9.97 Å². The van der Waals surface area contributed by atoms with Crippen LogP contribution >= 0.6 is 0 Å². The van der Waals surface area contributed by atoms with E-state index in [0.717, 1.165) is 25.9 Å². The topological polar surface area (TPSA) is 67.4 Å². The summed E-state index contributed by atoms with van der Waals surface area (Å²) in [6, 6.07) is 9.02. The minimum absolute atomic E-state index is 0.0235. The van der Waals surface area contributed by atoms with Crippen molar-refractivity contribution < 1.29 is 9.53 Å². The summed E-state index contributed by atoms with van der Waals surface area (Å²) in [7, 11) is 0. The second-order valence-electron chi connectivity index (χ2n) is 6.35. The summed E-state index contributed by atoms with van der Waals surface area (Å²) in [6.45, 7) is 9.86. The van der Waals surface area contributed by atoms with Crippen molar-refractivity contribution in [1.82, 2.24) is 9.97 Å². The second-order valence-corrected chi connectivity index (χ2v) is 6.35. The maximum atomic E-state index is 12.7. The van der Waals surface area contributed by atoms with E-state index in [1.165, 1.54) is 0 Å². The number of nitrogens with zero attached hydrogens (tertiary/aromatic N) is 3. The van der Waals surface area contributed by atoms with Gasteiger partial charge >= 0.3 is 0 Å². The van der Waals surface area contributed by atoms with Gasteiger partial charge in [-0.15, -0.1) is 0 Å². The lowest BCUT2D eigenvalue weighted by atomic mass is 10.2. The summed E-state index contributed by atoms with van der Waals surface area (Å²) in [5, 5.41) is 2.89. The third-order valence-electron chi connectivity index (χ3n) is 3.64. The molecule has 1 N–H and O–H groups in total. The summed E-state index contributed by atoms with van der Waals surface area (Å²) in [5.74, 6) is 0.957. The van der Waals surface area contributed by atoms with Crippen molar-refractivity contribution in [3.05, 3.63) is 42.2 Å². The normalized spacial score (nSPS) is 10.7. The molecule has 6 heteroatoms. The Hall–Kier alpha value is -2.63. The maximum Gasteiger partial charge on any atom is 0.274 e. The van der Waals surface area contributed by atoms with Crippen molar-refractivity contribution in [2.45, 2.75) is 46.6 Å². The molecule has 0 unspecified atom stereocenters. The third-order valence-corrected chi connectivity index (χ3v) is 3.64. The third kappa shape index (κ3) is 5.44. The van der Waals surface area contributed by atoms with Crippen LogP contribution in [0.1, 0.15) is 51.0 Å². The van der Waals surface area contributed by atoms with Crippen LogP contribution in [0.4, 0.5) is 11.6 Å². The lowest BCUT2D eigenvalue weighted by molar-refractivity contribution is 0.102. The lowest BCUT2D eigenvalue weighted by Gasteiger charge is -2.21. The number of carbonyl (C=O) groups is 1. The number of rotatable bonds is 9. The van der Waals surface area contributed by atoms with Crippen LogP contribution in [0.5, 0.6) is 5.75 Å². The highest BCUT2D eigenvalue weighted by molar-refractivity contribution is 6.03. The van der Waals surface area contributed by atoms with Crippen molar-refractivity contribution >= 4 is 17.5 Å². The summed E-state index contributed by atoms with van der Waals surface area (Å²) in [4.78, 5) is 23.6. The zero-order chi connectivity index (χ0) is 18.9. The molecule has 1 aromatic heterocycles. The van der Waals surface area contributed by atoms with E-state index in [-0.39, 0.29) is 12.0 Å². The number of para-hydroxylation sites is 2. The molecule has 2 aromatic rings. The first-order valence-corrected chi connectivity index (χ1v) is 9.20. The molecular weight excluding hydrogens is 328 g/mol. The van der Waals surface area contributed by atoms with Crippen LogP contribution in [0.15, 0.2) is 36.5 Å². The van der Waals surface area contributed by atoms with Gasteiger partial charge in [-0.3, -0.25) is 4.79 Å². The molecule has 0 aliphatic rings. The first kappa shape index (κ1) is 19.7. The number of aromatic nitrogens is 2. The fourth-order valence-electron chi connectivity index (χ4n) is 2.59. The Morgan fingerprint density at radius 3 is 2.50 bits per heavy atom. The zero-order valence-corrected chi connectivity index (χ0v) is 16.0. The van der Waals surface area contributed by atoms with Gasteiger partial charge < -0.3 is 15.0 Å². The number of ether oxygens (including phenoxy) is 1. The Labute approximate surface area is 155 Å². The molecule has 0 bridgehead atoms. The van der Waals surface area contributed by atoms with Crippen LogP contribution in [0.3, 0.4) is 0 Å². The molecule has 0 aliphatic carbocycles. The van der Waals surface area contributed by atoms with E-state index in [0.29, 0.717) is 23.1 Å². The van der Waals surface area contributed by atoms with E-state index in [9.17, 15) is 4.79 Å². The van der Waals surface area contributed by atoms with Crippen LogP contribution < -0.4 is 15.0 Å². The molecule has 1 aromatic carbocycles. The number of amides is 1.